The van der Waals surface area contributed by atoms with E-state index >= 15 is 0 Å². The second kappa shape index (κ2) is 29.0. The van der Waals surface area contributed by atoms with Gasteiger partial charge in [-0.1, -0.05) is 111 Å². The van der Waals surface area contributed by atoms with Crippen molar-refractivity contribution < 1.29 is 4.74 Å². The number of methoxy groups -OCH3 is 1. The summed E-state index contributed by atoms with van der Waals surface area (Å²) in [5.74, 6) is 0. The number of unbranched alkanes of at least 4 members (excludes halogenated alkanes) is 3. The average molecular weight is 415 g/mol. The van der Waals surface area contributed by atoms with Crippen LogP contribution in [0.25, 0.3) is 0 Å². The van der Waals surface area contributed by atoms with Gasteiger partial charge < -0.3 is 4.74 Å². The Labute approximate surface area is 158 Å². The Balaban J connectivity index is -0.000000107. The van der Waals surface area contributed by atoms with Crippen LogP contribution in [0.4, 0.5) is 0 Å². The van der Waals surface area contributed by atoms with Crippen molar-refractivity contribution in [2.24, 2.45) is 0 Å². The van der Waals surface area contributed by atoms with Gasteiger partial charge in [0.1, 0.15) is 0 Å². The van der Waals surface area contributed by atoms with E-state index in [1.54, 1.807) is 7.11 Å². The maximum absolute atomic E-state index is 5.02. The summed E-state index contributed by atoms with van der Waals surface area (Å²) in [6.45, 7) is 16.8. The summed E-state index contributed by atoms with van der Waals surface area (Å²) in [5.41, 5.74) is 1.03. The van der Waals surface area contributed by atoms with Crippen molar-refractivity contribution >= 4 is 23.9 Å². The first-order valence-corrected chi connectivity index (χ1v) is 8.65. The van der Waals surface area contributed by atoms with Gasteiger partial charge in [0.05, 0.1) is 6.10 Å². The van der Waals surface area contributed by atoms with E-state index in [1.807, 2.05) is 24.3 Å². The number of hydrogen-bond donors (Lipinski definition) is 0. The van der Waals surface area contributed by atoms with E-state index in [1.165, 1.54) is 38.5 Å². The molecule has 0 unspecified atom stereocenters. The molecule has 0 spiro atoms. The molecule has 0 N–H and O–H groups in total. The largest absolute Gasteiger partial charge is 0.373 e. The minimum atomic E-state index is 0. The number of ether oxygens (including phenoxy) is 1. The van der Waals surface area contributed by atoms with Crippen LogP contribution < -0.4 is 0 Å². The smallest absolute Gasteiger partial charge is 0.0940 e. The first-order chi connectivity index (χ1) is 10.1. The summed E-state index contributed by atoms with van der Waals surface area (Å²) in [5, 5.41) is 0. The van der Waals surface area contributed by atoms with Crippen molar-refractivity contribution in [3.05, 3.63) is 36.5 Å². The molecule has 0 saturated carbocycles. The Hall–Kier alpha value is -0.0213. The summed E-state index contributed by atoms with van der Waals surface area (Å²) in [6, 6.07) is 0. The Morgan fingerprint density at radius 3 is 1.23 bits per heavy atom. The Kier molecular flexibility index (Phi) is 39.5. The molecule has 2 heteroatoms. The van der Waals surface area contributed by atoms with Gasteiger partial charge in [0.15, 0.2) is 0 Å². The maximum atomic E-state index is 5.02. The molecule has 0 fully saturated rings. The molecule has 4 radical (unpaired) electrons. The normalized spacial score (nSPS) is 11.9. The van der Waals surface area contributed by atoms with Gasteiger partial charge in [0, 0.05) is 31.0 Å². The van der Waals surface area contributed by atoms with Gasteiger partial charge in [0.25, 0.3) is 0 Å². The molecule has 0 aromatic heterocycles. The van der Waals surface area contributed by atoms with Crippen LogP contribution >= 0.6 is 0 Å². The van der Waals surface area contributed by atoms with Crippen LogP contribution in [-0.4, -0.2) is 37.1 Å². The van der Waals surface area contributed by atoms with Crippen molar-refractivity contribution in [2.75, 3.05) is 7.11 Å². The van der Waals surface area contributed by atoms with E-state index in [4.69, 9.17) is 4.74 Å². The van der Waals surface area contributed by atoms with Crippen LogP contribution in [0.15, 0.2) is 36.5 Å². The summed E-state index contributed by atoms with van der Waals surface area (Å²) in [4.78, 5) is 0. The van der Waals surface area contributed by atoms with Crippen LogP contribution in [0.5, 0.6) is 0 Å². The second-order valence-corrected chi connectivity index (χ2v) is 4.99. The van der Waals surface area contributed by atoms with Gasteiger partial charge >= 0.3 is 0 Å². The maximum Gasteiger partial charge on any atom is 0.0940 e. The van der Waals surface area contributed by atoms with Crippen molar-refractivity contribution in [2.45, 2.75) is 86.2 Å². The summed E-state index contributed by atoms with van der Waals surface area (Å²) < 4.78 is 5.02. The van der Waals surface area contributed by atoms with E-state index in [0.29, 0.717) is 0 Å². The minimum Gasteiger partial charge on any atom is -0.373 e. The standard InChI is InChI=1S/C8H10O.3C4H10.Sn/c1-7-3-5-8(9-2)6-4-7;3*1-3-4-2;/h3-6,8H,1H2,2H3;3*3-4H2,1-2H3;. The van der Waals surface area contributed by atoms with E-state index in [-0.39, 0.29) is 30.0 Å². The topological polar surface area (TPSA) is 9.23 Å². The summed E-state index contributed by atoms with van der Waals surface area (Å²) in [7, 11) is 1.69. The first kappa shape index (κ1) is 29.9. The SMILES string of the molecule is C=C1C=CC(OC)C=C1.CCCC.CCCC.CCCC.[Sn]. The Morgan fingerprint density at radius 1 is 0.773 bits per heavy atom. The average Bonchev–Trinajstić information content (AvgIpc) is 2.56. The molecule has 0 aliphatic heterocycles. The molecule has 1 rings (SSSR count). The van der Waals surface area contributed by atoms with Crippen LogP contribution in [0.3, 0.4) is 0 Å². The van der Waals surface area contributed by atoms with Crippen molar-refractivity contribution in [3.8, 4) is 0 Å². The van der Waals surface area contributed by atoms with Crippen LogP contribution in [0.1, 0.15) is 80.1 Å². The zero-order valence-electron chi connectivity index (χ0n) is 16.2. The van der Waals surface area contributed by atoms with Crippen LogP contribution in [-0.2, 0) is 4.74 Å². The van der Waals surface area contributed by atoms with Gasteiger partial charge in [-0.2, -0.15) is 0 Å². The molecule has 22 heavy (non-hydrogen) atoms. The van der Waals surface area contributed by atoms with Crippen LogP contribution in [0.2, 0.25) is 0 Å². The van der Waals surface area contributed by atoms with Crippen molar-refractivity contribution in [3.63, 3.8) is 0 Å². The van der Waals surface area contributed by atoms with Gasteiger partial charge in [-0.25, -0.2) is 0 Å². The van der Waals surface area contributed by atoms with Gasteiger partial charge in [-0.05, 0) is 5.57 Å². The molecule has 1 aliphatic carbocycles. The first-order valence-electron chi connectivity index (χ1n) is 8.65. The molecular weight excluding hydrogens is 375 g/mol. The molecule has 0 aromatic carbocycles. The summed E-state index contributed by atoms with van der Waals surface area (Å²) in [6.07, 6.45) is 15.9. The predicted molar refractivity (Wildman–Crippen MR) is 106 cm³/mol. The number of allylic oxidation sites excluding steroid dienone is 3. The van der Waals surface area contributed by atoms with Gasteiger partial charge in [0.2, 0.25) is 0 Å². The van der Waals surface area contributed by atoms with E-state index in [0.717, 1.165) is 5.57 Å². The molecule has 0 bridgehead atoms. The van der Waals surface area contributed by atoms with Gasteiger partial charge in [-0.3, -0.25) is 0 Å². The molecule has 0 aromatic rings. The van der Waals surface area contributed by atoms with Crippen LogP contribution in [0, 0.1) is 0 Å². The molecule has 0 heterocycles. The molecule has 0 saturated heterocycles. The second-order valence-electron chi connectivity index (χ2n) is 4.99. The Bertz CT molecular complexity index is 213. The molecule has 0 amide bonds. The quantitative estimate of drug-likeness (QED) is 0.463. The fourth-order valence-corrected chi connectivity index (χ4v) is 0.714. The fraction of sp³-hybridized carbons (Fsp3) is 0.700. The number of rotatable bonds is 4. The van der Waals surface area contributed by atoms with E-state index in [2.05, 4.69) is 48.1 Å². The van der Waals surface area contributed by atoms with E-state index < -0.39 is 0 Å². The molecule has 1 aliphatic rings. The van der Waals surface area contributed by atoms with E-state index in [9.17, 15) is 0 Å². The third-order valence-corrected chi connectivity index (χ3v) is 2.77. The predicted octanol–water partition coefficient (Wildman–Crippen LogP) is 6.72. The zero-order valence-corrected chi connectivity index (χ0v) is 19.1. The van der Waals surface area contributed by atoms with Crippen molar-refractivity contribution in [1.29, 1.82) is 0 Å². The number of hydrogen-bond acceptors (Lipinski definition) is 1. The monoisotopic (exact) mass is 416 g/mol. The molecular formula is C20H40OSn. The zero-order chi connectivity index (χ0) is 16.9. The van der Waals surface area contributed by atoms with Gasteiger partial charge in [-0.15, -0.1) is 0 Å². The Morgan fingerprint density at radius 2 is 1.05 bits per heavy atom. The molecule has 0 atom stereocenters. The fourth-order valence-electron chi connectivity index (χ4n) is 0.714. The minimum absolute atomic E-state index is 0. The third-order valence-electron chi connectivity index (χ3n) is 2.77. The molecule has 130 valence electrons. The third kappa shape index (κ3) is 32.1. The molecule has 1 nitrogen and oxygen atoms in total. The van der Waals surface area contributed by atoms with Crippen molar-refractivity contribution in [1.82, 2.24) is 0 Å². The summed E-state index contributed by atoms with van der Waals surface area (Å²) >= 11 is 0.